The van der Waals surface area contributed by atoms with E-state index < -0.39 is 0 Å². The molecule has 1 aliphatic heterocycles. The number of carbonyl (C=O) groups is 2. The monoisotopic (exact) mass is 290 g/mol. The van der Waals surface area contributed by atoms with Crippen LogP contribution in [0.2, 0.25) is 0 Å². The second kappa shape index (κ2) is 7.08. The van der Waals surface area contributed by atoms with Gasteiger partial charge in [0.1, 0.15) is 0 Å². The van der Waals surface area contributed by atoms with E-state index in [1.54, 1.807) is 12.1 Å². The van der Waals surface area contributed by atoms with Gasteiger partial charge < -0.3 is 16.8 Å². The molecule has 1 aliphatic rings. The van der Waals surface area contributed by atoms with E-state index in [2.05, 4.69) is 5.32 Å². The number of benzene rings is 1. The molecule has 1 heterocycles. The van der Waals surface area contributed by atoms with E-state index in [4.69, 9.17) is 11.5 Å². The van der Waals surface area contributed by atoms with E-state index in [1.165, 1.54) is 0 Å². The molecule has 21 heavy (non-hydrogen) atoms. The van der Waals surface area contributed by atoms with Crippen molar-refractivity contribution in [3.63, 3.8) is 0 Å². The topological polar surface area (TPSA) is 101 Å². The summed E-state index contributed by atoms with van der Waals surface area (Å²) in [5, 5.41) is 2.79. The van der Waals surface area contributed by atoms with Gasteiger partial charge in [0.05, 0.1) is 17.4 Å². The van der Waals surface area contributed by atoms with Crippen molar-refractivity contribution in [3.8, 4) is 0 Å². The van der Waals surface area contributed by atoms with Crippen LogP contribution in [0.25, 0.3) is 0 Å². The van der Waals surface area contributed by atoms with Crippen molar-refractivity contribution in [1.29, 1.82) is 0 Å². The number of hydrogen-bond acceptors (Lipinski definition) is 4. The van der Waals surface area contributed by atoms with E-state index in [0.29, 0.717) is 24.3 Å². The van der Waals surface area contributed by atoms with Crippen molar-refractivity contribution in [2.45, 2.75) is 31.7 Å². The van der Waals surface area contributed by atoms with Gasteiger partial charge in [-0.3, -0.25) is 14.5 Å². The number of carbonyl (C=O) groups excluding carboxylic acids is 2. The van der Waals surface area contributed by atoms with Crippen molar-refractivity contribution in [2.24, 2.45) is 5.73 Å². The van der Waals surface area contributed by atoms with Gasteiger partial charge in [-0.25, -0.2) is 0 Å². The second-order valence-corrected chi connectivity index (χ2v) is 5.34. The van der Waals surface area contributed by atoms with Gasteiger partial charge in [0.25, 0.3) is 0 Å². The zero-order valence-electron chi connectivity index (χ0n) is 12.0. The number of nitrogens with zero attached hydrogens (tertiary/aromatic N) is 1. The van der Waals surface area contributed by atoms with Gasteiger partial charge in [-0.2, -0.15) is 0 Å². The predicted molar refractivity (Wildman–Crippen MR) is 82.5 cm³/mol. The standard InChI is InChI=1S/C15H22N4O2/c16-11-5-1-2-6-12(11)18-14(20)8-10-19-9-4-3-7-13(19)15(17)21/h1-2,5-6,13H,3-4,7-10,16H2,(H2,17,21)(H,18,20). The fraction of sp³-hybridized carbons (Fsp3) is 0.467. The minimum atomic E-state index is -0.303. The molecule has 2 rings (SSSR count). The highest BCUT2D eigenvalue weighted by Gasteiger charge is 2.26. The molecule has 0 bridgehead atoms. The third kappa shape index (κ3) is 4.19. The predicted octanol–water partition coefficient (Wildman–Crippen LogP) is 0.937. The fourth-order valence-corrected chi connectivity index (χ4v) is 2.65. The minimum absolute atomic E-state index is 0.110. The minimum Gasteiger partial charge on any atom is -0.397 e. The molecule has 6 heteroatoms. The first-order valence-corrected chi connectivity index (χ1v) is 7.25. The quantitative estimate of drug-likeness (QED) is 0.702. The highest BCUT2D eigenvalue weighted by atomic mass is 16.2. The molecule has 1 aromatic rings. The summed E-state index contributed by atoms with van der Waals surface area (Å²) in [6.45, 7) is 1.35. The van der Waals surface area contributed by atoms with Crippen LogP contribution in [0.15, 0.2) is 24.3 Å². The summed E-state index contributed by atoms with van der Waals surface area (Å²) >= 11 is 0. The smallest absolute Gasteiger partial charge is 0.234 e. The molecule has 5 N–H and O–H groups in total. The third-order valence-electron chi connectivity index (χ3n) is 3.80. The Hall–Kier alpha value is -2.08. The Morgan fingerprint density at radius 2 is 2.05 bits per heavy atom. The number of primary amides is 1. The Bertz CT molecular complexity index is 518. The Kier molecular flexibility index (Phi) is 5.16. The van der Waals surface area contributed by atoms with Gasteiger partial charge >= 0.3 is 0 Å². The third-order valence-corrected chi connectivity index (χ3v) is 3.80. The summed E-state index contributed by atoms with van der Waals surface area (Å²) in [5.74, 6) is -0.413. The SMILES string of the molecule is NC(=O)C1CCCCN1CCC(=O)Nc1ccccc1N. The summed E-state index contributed by atoms with van der Waals surface area (Å²) in [6.07, 6.45) is 3.15. The molecule has 1 aromatic carbocycles. The van der Waals surface area contributed by atoms with Crippen molar-refractivity contribution in [3.05, 3.63) is 24.3 Å². The van der Waals surface area contributed by atoms with Crippen LogP contribution in [0.3, 0.4) is 0 Å². The molecule has 0 aliphatic carbocycles. The van der Waals surface area contributed by atoms with Gasteiger partial charge in [0.15, 0.2) is 0 Å². The number of nitrogens with two attached hydrogens (primary N) is 2. The number of hydrogen-bond donors (Lipinski definition) is 3. The number of amides is 2. The number of anilines is 2. The largest absolute Gasteiger partial charge is 0.397 e. The summed E-state index contributed by atoms with van der Waals surface area (Å²) in [4.78, 5) is 25.4. The van der Waals surface area contributed by atoms with E-state index >= 15 is 0 Å². The molecular weight excluding hydrogens is 268 g/mol. The highest BCUT2D eigenvalue weighted by molar-refractivity contribution is 5.93. The molecule has 114 valence electrons. The summed E-state index contributed by atoms with van der Waals surface area (Å²) in [7, 11) is 0. The van der Waals surface area contributed by atoms with Crippen LogP contribution in [0.5, 0.6) is 0 Å². The average molecular weight is 290 g/mol. The summed E-state index contributed by atoms with van der Waals surface area (Å²) in [5.41, 5.74) is 12.4. The molecule has 0 radical (unpaired) electrons. The van der Waals surface area contributed by atoms with Crippen LogP contribution in [0, 0.1) is 0 Å². The molecule has 2 amide bonds. The number of nitrogens with one attached hydrogen (secondary N) is 1. The maximum atomic E-state index is 12.0. The Labute approximate surface area is 124 Å². The maximum Gasteiger partial charge on any atom is 0.234 e. The first-order chi connectivity index (χ1) is 10.1. The molecule has 1 fully saturated rings. The van der Waals surface area contributed by atoms with Crippen LogP contribution in [0.1, 0.15) is 25.7 Å². The highest BCUT2D eigenvalue weighted by Crippen LogP contribution is 2.19. The number of likely N-dealkylation sites (tertiary alicyclic amines) is 1. The van der Waals surface area contributed by atoms with Crippen LogP contribution in [0.4, 0.5) is 11.4 Å². The molecular formula is C15H22N4O2. The van der Waals surface area contributed by atoms with E-state index in [1.807, 2.05) is 17.0 Å². The molecule has 0 aromatic heterocycles. The van der Waals surface area contributed by atoms with E-state index in [0.717, 1.165) is 25.8 Å². The number of para-hydroxylation sites is 2. The molecule has 6 nitrogen and oxygen atoms in total. The van der Waals surface area contributed by atoms with Gasteiger partial charge in [-0.05, 0) is 31.5 Å². The summed E-state index contributed by atoms with van der Waals surface area (Å²) in [6, 6.07) is 6.90. The Morgan fingerprint density at radius 1 is 1.29 bits per heavy atom. The van der Waals surface area contributed by atoms with E-state index in [-0.39, 0.29) is 17.9 Å². The average Bonchev–Trinajstić information content (AvgIpc) is 2.48. The Balaban J connectivity index is 1.86. The van der Waals surface area contributed by atoms with Gasteiger partial charge in [-0.1, -0.05) is 18.6 Å². The molecule has 1 atom stereocenters. The van der Waals surface area contributed by atoms with Gasteiger partial charge in [0.2, 0.25) is 11.8 Å². The van der Waals surface area contributed by atoms with E-state index in [9.17, 15) is 9.59 Å². The molecule has 0 saturated carbocycles. The zero-order chi connectivity index (χ0) is 15.2. The Morgan fingerprint density at radius 3 is 2.76 bits per heavy atom. The summed E-state index contributed by atoms with van der Waals surface area (Å²) < 4.78 is 0. The second-order valence-electron chi connectivity index (χ2n) is 5.34. The number of nitrogen functional groups attached to an aromatic ring is 1. The lowest BCUT2D eigenvalue weighted by molar-refractivity contribution is -0.125. The van der Waals surface area contributed by atoms with Crippen molar-refractivity contribution >= 4 is 23.2 Å². The molecule has 0 spiro atoms. The lowest BCUT2D eigenvalue weighted by Gasteiger charge is -2.33. The fourth-order valence-electron chi connectivity index (χ4n) is 2.65. The first-order valence-electron chi connectivity index (χ1n) is 7.25. The number of piperidine rings is 1. The van der Waals surface area contributed by atoms with Gasteiger partial charge in [0, 0.05) is 13.0 Å². The van der Waals surface area contributed by atoms with Crippen molar-refractivity contribution in [2.75, 3.05) is 24.1 Å². The molecule has 1 unspecified atom stereocenters. The normalized spacial score (nSPS) is 19.1. The maximum absolute atomic E-state index is 12.0. The van der Waals surface area contributed by atoms with Crippen LogP contribution in [-0.4, -0.2) is 35.8 Å². The molecule has 1 saturated heterocycles. The van der Waals surface area contributed by atoms with Crippen molar-refractivity contribution in [1.82, 2.24) is 4.90 Å². The van der Waals surface area contributed by atoms with Crippen LogP contribution >= 0.6 is 0 Å². The van der Waals surface area contributed by atoms with Crippen LogP contribution < -0.4 is 16.8 Å². The zero-order valence-corrected chi connectivity index (χ0v) is 12.0. The lowest BCUT2D eigenvalue weighted by atomic mass is 10.0. The van der Waals surface area contributed by atoms with Crippen molar-refractivity contribution < 1.29 is 9.59 Å². The lowest BCUT2D eigenvalue weighted by Crippen LogP contribution is -2.48. The van der Waals surface area contributed by atoms with Gasteiger partial charge in [-0.15, -0.1) is 0 Å². The number of rotatable bonds is 5. The first kappa shape index (κ1) is 15.3. The van der Waals surface area contributed by atoms with Crippen LogP contribution in [-0.2, 0) is 9.59 Å².